The number of aromatic amines is 1. The summed E-state index contributed by atoms with van der Waals surface area (Å²) in [5.74, 6) is 0. The molecule has 3 nitrogen and oxygen atoms in total. The van der Waals surface area contributed by atoms with Gasteiger partial charge in [0.15, 0.2) is 0 Å². The summed E-state index contributed by atoms with van der Waals surface area (Å²) >= 11 is 5.25. The van der Waals surface area contributed by atoms with Crippen LogP contribution in [0.25, 0.3) is 0 Å². The van der Waals surface area contributed by atoms with Gasteiger partial charge < -0.3 is 4.98 Å². The number of nitrogens with zero attached hydrogens (tertiary/aromatic N) is 1. The van der Waals surface area contributed by atoms with Gasteiger partial charge in [0.05, 0.1) is 5.56 Å². The topological polar surface area (TPSA) is 45.8 Å². The zero-order valence-corrected chi connectivity index (χ0v) is 13.1. The summed E-state index contributed by atoms with van der Waals surface area (Å²) in [6.07, 6.45) is -6.47. The van der Waals surface area contributed by atoms with Crippen molar-refractivity contribution in [1.82, 2.24) is 9.97 Å². The van der Waals surface area contributed by atoms with Crippen LogP contribution in [0.2, 0.25) is 5.15 Å². The Morgan fingerprint density at radius 3 is 1.84 bits per heavy atom. The Hall–Kier alpha value is -2.03. The third-order valence-corrected chi connectivity index (χ3v) is 2.94. The normalized spacial score (nSPS) is 11.2. The first kappa shape index (κ1) is 23.0. The number of aromatic nitrogens is 2. The molecule has 0 saturated carbocycles. The van der Waals surface area contributed by atoms with Gasteiger partial charge in [0.2, 0.25) is 0 Å². The molecule has 25 heavy (non-hydrogen) atoms. The van der Waals surface area contributed by atoms with Gasteiger partial charge in [0.25, 0.3) is 5.56 Å². The average molecular weight is 389 g/mol. The molecule has 140 valence electrons. The van der Waals surface area contributed by atoms with Crippen LogP contribution in [0.5, 0.6) is 0 Å². The highest BCUT2D eigenvalue weighted by molar-refractivity contribution is 6.30. The second-order valence-corrected chi connectivity index (χ2v) is 5.12. The minimum atomic E-state index is -4.57. The molecule has 0 radical (unpaired) electrons. The summed E-state index contributed by atoms with van der Waals surface area (Å²) in [4.78, 5) is 16.0. The first-order valence-corrected chi connectivity index (χ1v) is 6.66. The fraction of sp³-hybridized carbons (Fsp3) is 0.333. The maximum Gasteiger partial charge on any atom is 0.421 e. The van der Waals surface area contributed by atoms with Crippen molar-refractivity contribution in [3.8, 4) is 0 Å². The first-order valence-electron chi connectivity index (χ1n) is 6.28. The average Bonchev–Trinajstić information content (AvgIpc) is 2.42. The Morgan fingerprint density at radius 1 is 0.960 bits per heavy atom. The molecule has 0 bridgehead atoms. The van der Waals surface area contributed by atoms with E-state index in [4.69, 9.17) is 11.6 Å². The lowest BCUT2D eigenvalue weighted by Crippen LogP contribution is -2.20. The third-order valence-electron chi connectivity index (χ3n) is 2.63. The van der Waals surface area contributed by atoms with Gasteiger partial charge in [-0.25, -0.2) is 4.98 Å². The van der Waals surface area contributed by atoms with E-state index in [1.54, 1.807) is 0 Å². The minimum Gasteiger partial charge on any atom is -0.328 e. The molecule has 0 saturated heterocycles. The standard InChI is InChI=1S/C7H5ClF3N.C7H6F3NO.CH4/c1-4-2-5(7(9,10)11)6(8)12-3-4;1-4-2-5(7(8,9)10)6(12)11-3-4;/h2-3H,1H3;2-3H,1H3,(H,11,12);1H4. The van der Waals surface area contributed by atoms with E-state index in [2.05, 4.69) is 4.98 Å². The molecule has 0 aromatic carbocycles. The number of hydrogen-bond donors (Lipinski definition) is 1. The molecule has 0 aliphatic rings. The minimum absolute atomic E-state index is 0. The molecule has 0 atom stereocenters. The lowest BCUT2D eigenvalue weighted by atomic mass is 10.2. The van der Waals surface area contributed by atoms with E-state index in [9.17, 15) is 31.1 Å². The Morgan fingerprint density at radius 2 is 1.44 bits per heavy atom. The first-order chi connectivity index (χ1) is 10.8. The van der Waals surface area contributed by atoms with Crippen LogP contribution in [0.15, 0.2) is 29.3 Å². The van der Waals surface area contributed by atoms with Gasteiger partial charge in [-0.15, -0.1) is 0 Å². The molecule has 2 aromatic heterocycles. The Kier molecular flexibility index (Phi) is 7.69. The third kappa shape index (κ3) is 6.77. The second-order valence-electron chi connectivity index (χ2n) is 4.77. The van der Waals surface area contributed by atoms with E-state index >= 15 is 0 Å². The molecule has 2 rings (SSSR count). The molecule has 2 heterocycles. The molecule has 0 fully saturated rings. The maximum absolute atomic E-state index is 12.1. The Bertz CT molecular complexity index is 768. The van der Waals surface area contributed by atoms with E-state index in [0.717, 1.165) is 12.1 Å². The molecule has 0 aliphatic heterocycles. The number of alkyl halides is 6. The van der Waals surface area contributed by atoms with Crippen LogP contribution >= 0.6 is 11.6 Å². The second kappa shape index (κ2) is 8.37. The van der Waals surface area contributed by atoms with E-state index < -0.39 is 34.2 Å². The molecule has 0 amide bonds. The monoisotopic (exact) mass is 388 g/mol. The van der Waals surface area contributed by atoms with Crippen LogP contribution in [-0.2, 0) is 12.4 Å². The molecule has 0 spiro atoms. The SMILES string of the molecule is C.Cc1c[nH]c(=O)c(C(F)(F)F)c1.Cc1cnc(Cl)c(C(F)(F)F)c1. The molecule has 2 aromatic rings. The lowest BCUT2D eigenvalue weighted by molar-refractivity contribution is -0.139. The number of rotatable bonds is 0. The van der Waals surface area contributed by atoms with Gasteiger partial charge in [-0.05, 0) is 37.1 Å². The maximum atomic E-state index is 12.1. The summed E-state index contributed by atoms with van der Waals surface area (Å²) in [6.45, 7) is 3.00. The van der Waals surface area contributed by atoms with Gasteiger partial charge >= 0.3 is 12.4 Å². The van der Waals surface area contributed by atoms with Crippen molar-refractivity contribution >= 4 is 11.6 Å². The lowest BCUT2D eigenvalue weighted by Gasteiger charge is -2.07. The highest BCUT2D eigenvalue weighted by Crippen LogP contribution is 2.33. The molecular formula is C15H15ClF6N2O. The number of hydrogen-bond acceptors (Lipinski definition) is 2. The quantitative estimate of drug-likeness (QED) is 0.485. The molecule has 1 N–H and O–H groups in total. The van der Waals surface area contributed by atoms with E-state index in [1.807, 2.05) is 4.98 Å². The van der Waals surface area contributed by atoms with Gasteiger partial charge in [-0.3, -0.25) is 4.79 Å². The van der Waals surface area contributed by atoms with Crippen molar-refractivity contribution in [3.05, 3.63) is 62.3 Å². The van der Waals surface area contributed by atoms with Crippen molar-refractivity contribution in [2.45, 2.75) is 33.6 Å². The number of nitrogens with one attached hydrogen (secondary N) is 1. The Balaban J connectivity index is 0.000000443. The molecule has 0 unspecified atom stereocenters. The van der Waals surface area contributed by atoms with Crippen molar-refractivity contribution in [2.75, 3.05) is 0 Å². The van der Waals surface area contributed by atoms with Gasteiger partial charge in [-0.1, -0.05) is 19.0 Å². The van der Waals surface area contributed by atoms with Crippen LogP contribution in [0.1, 0.15) is 29.7 Å². The van der Waals surface area contributed by atoms with Gasteiger partial charge in [0.1, 0.15) is 10.7 Å². The Labute approximate surface area is 144 Å². The summed E-state index contributed by atoms with van der Waals surface area (Å²) < 4.78 is 72.3. The fourth-order valence-corrected chi connectivity index (χ4v) is 1.76. The highest BCUT2D eigenvalue weighted by atomic mass is 35.5. The molecule has 0 aliphatic carbocycles. The number of pyridine rings is 2. The molecular weight excluding hydrogens is 374 g/mol. The van der Waals surface area contributed by atoms with Crippen LogP contribution in [-0.4, -0.2) is 9.97 Å². The summed E-state index contributed by atoms with van der Waals surface area (Å²) in [6, 6.07) is 1.79. The van der Waals surface area contributed by atoms with Crippen LogP contribution in [0, 0.1) is 13.8 Å². The largest absolute Gasteiger partial charge is 0.421 e. The summed E-state index contributed by atoms with van der Waals surface area (Å²) in [5.41, 5.74) is -2.33. The highest BCUT2D eigenvalue weighted by Gasteiger charge is 2.34. The van der Waals surface area contributed by atoms with Crippen LogP contribution in [0.3, 0.4) is 0 Å². The van der Waals surface area contributed by atoms with Crippen molar-refractivity contribution in [3.63, 3.8) is 0 Å². The van der Waals surface area contributed by atoms with E-state index in [-0.39, 0.29) is 7.43 Å². The van der Waals surface area contributed by atoms with Crippen LogP contribution < -0.4 is 5.56 Å². The van der Waals surface area contributed by atoms with Gasteiger partial charge in [-0.2, -0.15) is 26.3 Å². The summed E-state index contributed by atoms with van der Waals surface area (Å²) in [5, 5.41) is -0.506. The number of aryl methyl sites for hydroxylation is 2. The van der Waals surface area contributed by atoms with Crippen molar-refractivity contribution in [2.24, 2.45) is 0 Å². The predicted molar refractivity (Wildman–Crippen MR) is 82.5 cm³/mol. The molecule has 10 heteroatoms. The van der Waals surface area contributed by atoms with E-state index in [0.29, 0.717) is 11.1 Å². The summed E-state index contributed by atoms with van der Waals surface area (Å²) in [7, 11) is 0. The number of halogens is 7. The van der Waals surface area contributed by atoms with Crippen molar-refractivity contribution in [1.29, 1.82) is 0 Å². The number of H-pyrrole nitrogens is 1. The fourth-order valence-electron chi connectivity index (χ4n) is 1.55. The van der Waals surface area contributed by atoms with E-state index in [1.165, 1.54) is 26.2 Å². The van der Waals surface area contributed by atoms with Crippen LogP contribution in [0.4, 0.5) is 26.3 Å². The van der Waals surface area contributed by atoms with Crippen molar-refractivity contribution < 1.29 is 26.3 Å². The van der Waals surface area contributed by atoms with Gasteiger partial charge in [0, 0.05) is 12.4 Å². The zero-order chi connectivity index (χ0) is 18.7. The smallest absolute Gasteiger partial charge is 0.328 e. The zero-order valence-electron chi connectivity index (χ0n) is 12.3. The predicted octanol–water partition coefficient (Wildman–Crippen LogP) is 5.40.